The fourth-order valence-electron chi connectivity index (χ4n) is 2.54. The first kappa shape index (κ1) is 19.6. The predicted octanol–water partition coefficient (Wildman–Crippen LogP) is 4.91. The molecule has 0 saturated heterocycles. The van der Waals surface area contributed by atoms with E-state index in [0.29, 0.717) is 17.4 Å². The van der Waals surface area contributed by atoms with Crippen molar-refractivity contribution in [3.05, 3.63) is 58.3 Å². The summed E-state index contributed by atoms with van der Waals surface area (Å²) < 4.78 is 16.3. The average molecular weight is 449 g/mol. The Balaban J connectivity index is 1.70. The van der Waals surface area contributed by atoms with E-state index in [1.165, 1.54) is 23.9 Å². The molecule has 27 heavy (non-hydrogen) atoms. The van der Waals surface area contributed by atoms with Gasteiger partial charge in [0.15, 0.2) is 11.0 Å². The number of thioether (sulfide) groups is 1. The molecule has 0 spiro atoms. The number of nitrogens with zero attached hydrogens (tertiary/aromatic N) is 3. The standard InChI is InChI=1S/C19H18BrFN4OS/c1-3-25-18(13-5-7-14(20)8-6-13)23-24-19(25)27-11-17(26)22-16-10-15(21)9-4-12(16)2/h4-10H,3,11H2,1-2H3,(H,22,26). The molecule has 2 aromatic carbocycles. The van der Waals surface area contributed by atoms with Crippen molar-refractivity contribution < 1.29 is 9.18 Å². The fraction of sp³-hybridized carbons (Fsp3) is 0.211. The Hall–Kier alpha value is -2.19. The Morgan fingerprint density at radius 2 is 1.96 bits per heavy atom. The van der Waals surface area contributed by atoms with E-state index in [0.717, 1.165) is 21.4 Å². The number of hydrogen-bond acceptors (Lipinski definition) is 4. The minimum Gasteiger partial charge on any atom is -0.325 e. The number of aromatic nitrogens is 3. The molecular formula is C19H18BrFN4OS. The lowest BCUT2D eigenvalue weighted by molar-refractivity contribution is -0.113. The summed E-state index contributed by atoms with van der Waals surface area (Å²) in [5.41, 5.74) is 2.25. The van der Waals surface area contributed by atoms with E-state index >= 15 is 0 Å². The smallest absolute Gasteiger partial charge is 0.234 e. The highest BCUT2D eigenvalue weighted by atomic mass is 79.9. The van der Waals surface area contributed by atoms with Gasteiger partial charge in [-0.1, -0.05) is 45.9 Å². The summed E-state index contributed by atoms with van der Waals surface area (Å²) in [6.45, 7) is 4.51. The van der Waals surface area contributed by atoms with Crippen LogP contribution in [0.4, 0.5) is 10.1 Å². The molecule has 0 aliphatic carbocycles. The van der Waals surface area contributed by atoms with Gasteiger partial charge in [-0.25, -0.2) is 4.39 Å². The summed E-state index contributed by atoms with van der Waals surface area (Å²) in [5, 5.41) is 11.9. The van der Waals surface area contributed by atoms with Crippen LogP contribution in [0, 0.1) is 12.7 Å². The molecule has 5 nitrogen and oxygen atoms in total. The third-order valence-corrected chi connectivity index (χ3v) is 5.44. The quantitative estimate of drug-likeness (QED) is 0.544. The largest absolute Gasteiger partial charge is 0.325 e. The Labute approximate surface area is 169 Å². The van der Waals surface area contributed by atoms with Crippen molar-refractivity contribution in [2.75, 3.05) is 11.1 Å². The molecule has 0 bridgehead atoms. The second-order valence-corrected chi connectivity index (χ2v) is 7.71. The van der Waals surface area contributed by atoms with Crippen molar-refractivity contribution in [1.29, 1.82) is 0 Å². The van der Waals surface area contributed by atoms with Crippen LogP contribution >= 0.6 is 27.7 Å². The molecule has 0 aliphatic heterocycles. The first-order valence-electron chi connectivity index (χ1n) is 8.36. The molecule has 3 rings (SSSR count). The van der Waals surface area contributed by atoms with Gasteiger partial charge in [0.05, 0.1) is 5.75 Å². The number of rotatable bonds is 6. The highest BCUT2D eigenvalue weighted by Gasteiger charge is 2.15. The maximum Gasteiger partial charge on any atom is 0.234 e. The molecule has 0 aliphatic rings. The zero-order chi connectivity index (χ0) is 19.4. The lowest BCUT2D eigenvalue weighted by Crippen LogP contribution is -2.15. The second kappa shape index (κ2) is 8.67. The SMILES string of the molecule is CCn1c(SCC(=O)Nc2cc(F)ccc2C)nnc1-c1ccc(Br)cc1. The summed E-state index contributed by atoms with van der Waals surface area (Å²) in [7, 11) is 0. The number of hydrogen-bond donors (Lipinski definition) is 1. The number of anilines is 1. The van der Waals surface area contributed by atoms with Crippen LogP contribution in [0.5, 0.6) is 0 Å². The molecule has 140 valence electrons. The Bertz CT molecular complexity index is 959. The van der Waals surface area contributed by atoms with Gasteiger partial charge in [-0.3, -0.25) is 4.79 Å². The van der Waals surface area contributed by atoms with E-state index in [1.807, 2.05) is 42.7 Å². The molecule has 1 N–H and O–H groups in total. The molecule has 3 aromatic rings. The van der Waals surface area contributed by atoms with Crippen LogP contribution in [0.15, 0.2) is 52.1 Å². The van der Waals surface area contributed by atoms with Gasteiger partial charge in [-0.2, -0.15) is 0 Å². The lowest BCUT2D eigenvalue weighted by atomic mass is 10.2. The zero-order valence-corrected chi connectivity index (χ0v) is 17.3. The van der Waals surface area contributed by atoms with Crippen molar-refractivity contribution in [2.24, 2.45) is 0 Å². The summed E-state index contributed by atoms with van der Waals surface area (Å²) in [6.07, 6.45) is 0. The predicted molar refractivity (Wildman–Crippen MR) is 109 cm³/mol. The summed E-state index contributed by atoms with van der Waals surface area (Å²) in [6, 6.07) is 12.2. The zero-order valence-electron chi connectivity index (χ0n) is 14.9. The number of amides is 1. The van der Waals surface area contributed by atoms with Gasteiger partial charge < -0.3 is 9.88 Å². The average Bonchev–Trinajstić information content (AvgIpc) is 3.06. The molecule has 1 aromatic heterocycles. The normalized spacial score (nSPS) is 10.8. The van der Waals surface area contributed by atoms with Gasteiger partial charge >= 0.3 is 0 Å². The first-order valence-corrected chi connectivity index (χ1v) is 10.1. The van der Waals surface area contributed by atoms with Gasteiger partial charge in [0.25, 0.3) is 0 Å². The van der Waals surface area contributed by atoms with Crippen LogP contribution in [0.2, 0.25) is 0 Å². The Kier molecular flexibility index (Phi) is 6.28. The van der Waals surface area contributed by atoms with E-state index in [1.54, 1.807) is 6.07 Å². The molecule has 0 fully saturated rings. The third-order valence-electron chi connectivity index (χ3n) is 3.94. The van der Waals surface area contributed by atoms with Crippen LogP contribution in [0.1, 0.15) is 12.5 Å². The van der Waals surface area contributed by atoms with E-state index < -0.39 is 0 Å². The number of nitrogens with one attached hydrogen (secondary N) is 1. The van der Waals surface area contributed by atoms with Crippen molar-refractivity contribution in [3.8, 4) is 11.4 Å². The number of aryl methyl sites for hydroxylation is 1. The molecule has 0 atom stereocenters. The van der Waals surface area contributed by atoms with Crippen molar-refractivity contribution in [1.82, 2.24) is 14.8 Å². The Morgan fingerprint density at radius 1 is 1.22 bits per heavy atom. The van der Waals surface area contributed by atoms with Crippen molar-refractivity contribution in [2.45, 2.75) is 25.5 Å². The van der Waals surface area contributed by atoms with E-state index in [2.05, 4.69) is 31.4 Å². The van der Waals surface area contributed by atoms with Crippen molar-refractivity contribution >= 4 is 39.3 Å². The third kappa shape index (κ3) is 4.75. The molecular weight excluding hydrogens is 431 g/mol. The van der Waals surface area contributed by atoms with Crippen LogP contribution in [0.3, 0.4) is 0 Å². The van der Waals surface area contributed by atoms with Gasteiger partial charge in [0.1, 0.15) is 5.82 Å². The number of carbonyl (C=O) groups excluding carboxylic acids is 1. The minimum atomic E-state index is -0.381. The Morgan fingerprint density at radius 3 is 2.67 bits per heavy atom. The monoisotopic (exact) mass is 448 g/mol. The maximum atomic E-state index is 13.4. The molecule has 0 saturated carbocycles. The molecule has 0 unspecified atom stereocenters. The summed E-state index contributed by atoms with van der Waals surface area (Å²) in [4.78, 5) is 12.2. The molecule has 1 heterocycles. The van der Waals surface area contributed by atoms with Gasteiger partial charge in [0, 0.05) is 22.3 Å². The number of carbonyl (C=O) groups is 1. The first-order chi connectivity index (χ1) is 13.0. The van der Waals surface area contributed by atoms with Crippen LogP contribution < -0.4 is 5.32 Å². The van der Waals surface area contributed by atoms with Gasteiger partial charge in [0.2, 0.25) is 5.91 Å². The fourth-order valence-corrected chi connectivity index (χ4v) is 3.60. The lowest BCUT2D eigenvalue weighted by Gasteiger charge is -2.09. The topological polar surface area (TPSA) is 59.8 Å². The maximum absolute atomic E-state index is 13.4. The van der Waals surface area contributed by atoms with E-state index in [9.17, 15) is 9.18 Å². The van der Waals surface area contributed by atoms with E-state index in [4.69, 9.17) is 0 Å². The van der Waals surface area contributed by atoms with Crippen LogP contribution in [-0.2, 0) is 11.3 Å². The van der Waals surface area contributed by atoms with Crippen LogP contribution in [-0.4, -0.2) is 26.4 Å². The van der Waals surface area contributed by atoms with Gasteiger partial charge in [-0.15, -0.1) is 10.2 Å². The molecule has 0 radical (unpaired) electrons. The molecule has 1 amide bonds. The van der Waals surface area contributed by atoms with E-state index in [-0.39, 0.29) is 17.5 Å². The molecule has 8 heteroatoms. The summed E-state index contributed by atoms with van der Waals surface area (Å²) >= 11 is 4.72. The number of halogens is 2. The summed E-state index contributed by atoms with van der Waals surface area (Å²) in [5.74, 6) is 0.320. The highest BCUT2D eigenvalue weighted by molar-refractivity contribution is 9.10. The van der Waals surface area contributed by atoms with Gasteiger partial charge in [-0.05, 0) is 43.7 Å². The number of benzene rings is 2. The minimum absolute atomic E-state index is 0.161. The van der Waals surface area contributed by atoms with Crippen molar-refractivity contribution in [3.63, 3.8) is 0 Å². The second-order valence-electron chi connectivity index (χ2n) is 5.85. The highest BCUT2D eigenvalue weighted by Crippen LogP contribution is 2.25. The van der Waals surface area contributed by atoms with Crippen LogP contribution in [0.25, 0.3) is 11.4 Å².